The van der Waals surface area contributed by atoms with E-state index in [1.165, 1.54) is 37.0 Å². The highest BCUT2D eigenvalue weighted by molar-refractivity contribution is 7.18. The Balaban J connectivity index is 1.34. The average Bonchev–Trinajstić information content (AvgIpc) is 3.53. The van der Waals surface area contributed by atoms with Gasteiger partial charge in [-0.25, -0.2) is 0 Å². The molecule has 1 aromatic heterocycles. The van der Waals surface area contributed by atoms with Crippen molar-refractivity contribution in [3.8, 4) is 10.6 Å². The summed E-state index contributed by atoms with van der Waals surface area (Å²) in [7, 11) is 4.00. The zero-order valence-corrected chi connectivity index (χ0v) is 19.2. The molecule has 2 heterocycles. The van der Waals surface area contributed by atoms with Crippen molar-refractivity contribution in [2.75, 3.05) is 30.9 Å². The Kier molecular flexibility index (Phi) is 6.85. The minimum absolute atomic E-state index is 0.114. The Hall–Kier alpha value is -2.48. The number of anilines is 2. The van der Waals surface area contributed by atoms with Crippen molar-refractivity contribution in [3.63, 3.8) is 0 Å². The van der Waals surface area contributed by atoms with Gasteiger partial charge in [-0.15, -0.1) is 10.2 Å². The summed E-state index contributed by atoms with van der Waals surface area (Å²) in [4.78, 5) is 29.4. The summed E-state index contributed by atoms with van der Waals surface area (Å²) in [6, 6.07) is 7.67. The fraction of sp³-hybridized carbons (Fsp3) is 0.565. The lowest BCUT2D eigenvalue weighted by molar-refractivity contribution is -0.136. The molecule has 166 valence electrons. The molecular formula is C23H31N5O2S. The van der Waals surface area contributed by atoms with Crippen LogP contribution in [-0.2, 0) is 9.59 Å². The molecule has 1 unspecified atom stereocenters. The monoisotopic (exact) mass is 441 g/mol. The summed E-state index contributed by atoms with van der Waals surface area (Å²) < 4.78 is 0. The molecule has 1 aliphatic heterocycles. The molecule has 1 saturated carbocycles. The second kappa shape index (κ2) is 9.77. The Bertz CT molecular complexity index is 905. The van der Waals surface area contributed by atoms with Crippen molar-refractivity contribution in [2.24, 2.45) is 5.92 Å². The number of hydrogen-bond donors (Lipinski definition) is 1. The summed E-state index contributed by atoms with van der Waals surface area (Å²) in [5.74, 6) is 0.645. The number of hydrogen-bond acceptors (Lipinski definition) is 6. The van der Waals surface area contributed by atoms with Gasteiger partial charge in [-0.2, -0.15) is 0 Å². The van der Waals surface area contributed by atoms with Gasteiger partial charge in [0.2, 0.25) is 16.9 Å². The molecule has 0 radical (unpaired) electrons. The number of nitrogens with zero attached hydrogens (tertiary/aromatic N) is 4. The number of carbonyl (C=O) groups is 2. The van der Waals surface area contributed by atoms with Crippen LogP contribution in [0.1, 0.15) is 51.4 Å². The van der Waals surface area contributed by atoms with E-state index in [9.17, 15) is 9.59 Å². The van der Waals surface area contributed by atoms with Gasteiger partial charge in [0.15, 0.2) is 0 Å². The largest absolute Gasteiger partial charge is 0.378 e. The van der Waals surface area contributed by atoms with Gasteiger partial charge in [0.1, 0.15) is 11.0 Å². The van der Waals surface area contributed by atoms with Crippen molar-refractivity contribution in [3.05, 3.63) is 24.3 Å². The lowest BCUT2D eigenvalue weighted by atomic mass is 10.0. The third-order valence-corrected chi connectivity index (χ3v) is 7.29. The van der Waals surface area contributed by atoms with Crippen LogP contribution in [0.15, 0.2) is 24.3 Å². The predicted octanol–water partition coefficient (Wildman–Crippen LogP) is 4.17. The summed E-state index contributed by atoms with van der Waals surface area (Å²) in [6.45, 7) is 0.668. The molecule has 8 heteroatoms. The Morgan fingerprint density at radius 2 is 1.84 bits per heavy atom. The molecule has 1 saturated heterocycles. The van der Waals surface area contributed by atoms with E-state index < -0.39 is 6.04 Å². The summed E-state index contributed by atoms with van der Waals surface area (Å²) >= 11 is 1.35. The number of nitrogens with one attached hydrogen (secondary N) is 1. The van der Waals surface area contributed by atoms with Crippen molar-refractivity contribution < 1.29 is 9.59 Å². The fourth-order valence-electron chi connectivity index (χ4n) is 4.59. The molecule has 1 atom stereocenters. The number of carbonyl (C=O) groups excluding carboxylic acids is 2. The van der Waals surface area contributed by atoms with Crippen LogP contribution in [0.5, 0.6) is 0 Å². The molecule has 0 spiro atoms. The third-order valence-electron chi connectivity index (χ3n) is 6.40. The highest BCUT2D eigenvalue weighted by Gasteiger charge is 2.34. The van der Waals surface area contributed by atoms with E-state index in [-0.39, 0.29) is 11.8 Å². The van der Waals surface area contributed by atoms with Crippen LogP contribution in [0.4, 0.5) is 10.8 Å². The van der Waals surface area contributed by atoms with Crippen molar-refractivity contribution in [2.45, 2.75) is 57.4 Å². The summed E-state index contributed by atoms with van der Waals surface area (Å²) in [6.07, 6.45) is 8.15. The van der Waals surface area contributed by atoms with E-state index >= 15 is 0 Å². The molecule has 0 bridgehead atoms. The van der Waals surface area contributed by atoms with Crippen LogP contribution in [0.25, 0.3) is 10.6 Å². The molecule has 4 rings (SSSR count). The Morgan fingerprint density at radius 3 is 2.55 bits per heavy atom. The SMILES string of the molecule is CN(C)c1ccc(-c2nnc(NC(=O)C3CCCN3C(=O)CCC3CCCC3)s2)cc1. The number of aromatic nitrogens is 2. The maximum atomic E-state index is 12.9. The van der Waals surface area contributed by atoms with Gasteiger partial charge in [0, 0.05) is 38.3 Å². The zero-order chi connectivity index (χ0) is 21.8. The number of amides is 2. The average molecular weight is 442 g/mol. The fourth-order valence-corrected chi connectivity index (χ4v) is 5.34. The van der Waals surface area contributed by atoms with Crippen molar-refractivity contribution in [1.82, 2.24) is 15.1 Å². The molecule has 1 aliphatic carbocycles. The van der Waals surface area contributed by atoms with E-state index in [0.717, 1.165) is 29.1 Å². The molecule has 7 nitrogen and oxygen atoms in total. The summed E-state index contributed by atoms with van der Waals surface area (Å²) in [5.41, 5.74) is 2.08. The van der Waals surface area contributed by atoms with Gasteiger partial charge in [0.25, 0.3) is 0 Å². The van der Waals surface area contributed by atoms with E-state index in [1.54, 1.807) is 4.90 Å². The molecule has 2 amide bonds. The van der Waals surface area contributed by atoms with Gasteiger partial charge in [-0.3, -0.25) is 14.9 Å². The maximum absolute atomic E-state index is 12.9. The molecule has 2 fully saturated rings. The van der Waals surface area contributed by atoms with Gasteiger partial charge in [-0.05, 0) is 49.4 Å². The zero-order valence-electron chi connectivity index (χ0n) is 18.3. The number of likely N-dealkylation sites (tertiary alicyclic amines) is 1. The standard InChI is InChI=1S/C23H31N5O2S/c1-27(2)18-12-10-17(11-13-18)22-25-26-23(31-22)24-21(30)19-8-5-15-28(19)20(29)14-9-16-6-3-4-7-16/h10-13,16,19H,3-9,14-15H2,1-2H3,(H,24,26,30). The van der Waals surface area contributed by atoms with Crippen LogP contribution < -0.4 is 10.2 Å². The second-order valence-corrected chi connectivity index (χ2v) is 9.75. The molecule has 1 aromatic carbocycles. The first kappa shape index (κ1) is 21.7. The first-order valence-electron chi connectivity index (χ1n) is 11.2. The second-order valence-electron chi connectivity index (χ2n) is 8.78. The first-order chi connectivity index (χ1) is 15.0. The van der Waals surface area contributed by atoms with Gasteiger partial charge in [0.05, 0.1) is 0 Å². The van der Waals surface area contributed by atoms with Crippen LogP contribution in [0, 0.1) is 5.92 Å². The molecule has 2 aliphatic rings. The lowest BCUT2D eigenvalue weighted by Gasteiger charge is -2.24. The normalized spacial score (nSPS) is 19.0. The lowest BCUT2D eigenvalue weighted by Crippen LogP contribution is -2.43. The maximum Gasteiger partial charge on any atom is 0.249 e. The van der Waals surface area contributed by atoms with Crippen LogP contribution in [-0.4, -0.2) is 53.6 Å². The topological polar surface area (TPSA) is 78.4 Å². The van der Waals surface area contributed by atoms with E-state index in [4.69, 9.17) is 0 Å². The van der Waals surface area contributed by atoms with Gasteiger partial charge in [-0.1, -0.05) is 37.0 Å². The molecule has 31 heavy (non-hydrogen) atoms. The highest BCUT2D eigenvalue weighted by atomic mass is 32.1. The molecule has 2 aromatic rings. The Labute approximate surface area is 187 Å². The molecule has 1 N–H and O–H groups in total. The third kappa shape index (κ3) is 5.23. The van der Waals surface area contributed by atoms with Gasteiger partial charge < -0.3 is 9.80 Å². The van der Waals surface area contributed by atoms with Crippen LogP contribution >= 0.6 is 11.3 Å². The van der Waals surface area contributed by atoms with E-state index in [2.05, 4.69) is 15.5 Å². The smallest absolute Gasteiger partial charge is 0.249 e. The van der Waals surface area contributed by atoms with Crippen molar-refractivity contribution in [1.29, 1.82) is 0 Å². The van der Waals surface area contributed by atoms with Crippen molar-refractivity contribution >= 4 is 34.0 Å². The van der Waals surface area contributed by atoms with Crippen LogP contribution in [0.3, 0.4) is 0 Å². The summed E-state index contributed by atoms with van der Waals surface area (Å²) in [5, 5.41) is 12.5. The number of benzene rings is 1. The number of rotatable bonds is 7. The first-order valence-corrected chi connectivity index (χ1v) is 12.0. The quantitative estimate of drug-likeness (QED) is 0.698. The minimum Gasteiger partial charge on any atom is -0.378 e. The molecular weight excluding hydrogens is 410 g/mol. The van der Waals surface area contributed by atoms with Crippen LogP contribution in [0.2, 0.25) is 0 Å². The van der Waals surface area contributed by atoms with E-state index in [1.807, 2.05) is 43.3 Å². The van der Waals surface area contributed by atoms with E-state index in [0.29, 0.717) is 30.4 Å². The Morgan fingerprint density at radius 1 is 1.10 bits per heavy atom. The van der Waals surface area contributed by atoms with Gasteiger partial charge >= 0.3 is 0 Å². The predicted molar refractivity (Wildman–Crippen MR) is 124 cm³/mol. The minimum atomic E-state index is -0.400. The highest BCUT2D eigenvalue weighted by Crippen LogP contribution is 2.31.